The van der Waals surface area contributed by atoms with Gasteiger partial charge in [0.25, 0.3) is 0 Å². The summed E-state index contributed by atoms with van der Waals surface area (Å²) in [5.41, 5.74) is 5.16. The van der Waals surface area contributed by atoms with Crippen molar-refractivity contribution in [1.82, 2.24) is 10.4 Å². The molecule has 3 rings (SSSR count). The summed E-state index contributed by atoms with van der Waals surface area (Å²) in [7, 11) is 0. The van der Waals surface area contributed by atoms with Crippen molar-refractivity contribution in [2.24, 2.45) is 5.84 Å². The maximum atomic E-state index is 5.64. The number of nitrogens with one attached hydrogen (secondary N) is 1. The minimum atomic E-state index is 0.136. The molecule has 0 aliphatic heterocycles. The zero-order valence-electron chi connectivity index (χ0n) is 9.67. The average Bonchev–Trinajstić information content (AvgIpc) is 3.04. The zero-order valence-corrected chi connectivity index (χ0v) is 11.3. The van der Waals surface area contributed by atoms with Crippen LogP contribution < -0.4 is 11.3 Å². The van der Waals surface area contributed by atoms with Crippen LogP contribution in [0.3, 0.4) is 0 Å². The third-order valence-electron chi connectivity index (χ3n) is 2.86. The number of nitrogens with two attached hydrogens (primary N) is 1. The number of hydrazine groups is 1. The van der Waals surface area contributed by atoms with Crippen LogP contribution in [-0.4, -0.2) is 4.98 Å². The van der Waals surface area contributed by atoms with Crippen molar-refractivity contribution in [1.29, 1.82) is 0 Å². The molecule has 2 heterocycles. The molecular formula is C13H13N3S2. The molecule has 0 amide bonds. The summed E-state index contributed by atoms with van der Waals surface area (Å²) in [4.78, 5) is 4.64. The highest BCUT2D eigenvalue weighted by Crippen LogP contribution is 2.26. The van der Waals surface area contributed by atoms with Gasteiger partial charge in [0, 0.05) is 6.42 Å². The van der Waals surface area contributed by atoms with E-state index in [1.54, 1.807) is 22.7 Å². The fraction of sp³-hybridized carbons (Fsp3) is 0.154. The van der Waals surface area contributed by atoms with E-state index in [-0.39, 0.29) is 6.04 Å². The van der Waals surface area contributed by atoms with E-state index in [1.807, 2.05) is 18.2 Å². The van der Waals surface area contributed by atoms with Gasteiger partial charge in [-0.05, 0) is 34.5 Å². The molecule has 5 heteroatoms. The number of fused-ring (bicyclic) bond motifs is 1. The van der Waals surface area contributed by atoms with E-state index >= 15 is 0 Å². The van der Waals surface area contributed by atoms with Crippen LogP contribution in [0.5, 0.6) is 0 Å². The molecule has 0 spiro atoms. The van der Waals surface area contributed by atoms with Gasteiger partial charge in [-0.3, -0.25) is 11.3 Å². The Balaban J connectivity index is 1.86. The largest absolute Gasteiger partial charge is 0.271 e. The minimum Gasteiger partial charge on any atom is -0.271 e. The van der Waals surface area contributed by atoms with E-state index < -0.39 is 0 Å². The first-order chi connectivity index (χ1) is 8.86. The Morgan fingerprint density at radius 2 is 2.17 bits per heavy atom. The molecule has 3 nitrogen and oxygen atoms in total. The normalized spacial score (nSPS) is 12.9. The molecule has 0 radical (unpaired) electrons. The van der Waals surface area contributed by atoms with E-state index in [1.165, 1.54) is 10.3 Å². The zero-order chi connectivity index (χ0) is 12.4. The van der Waals surface area contributed by atoms with E-state index in [9.17, 15) is 0 Å². The van der Waals surface area contributed by atoms with Crippen LogP contribution >= 0.6 is 22.7 Å². The second kappa shape index (κ2) is 5.16. The lowest BCUT2D eigenvalue weighted by atomic mass is 10.1. The monoisotopic (exact) mass is 275 g/mol. The van der Waals surface area contributed by atoms with Gasteiger partial charge >= 0.3 is 0 Å². The Labute approximate surface area is 113 Å². The minimum absolute atomic E-state index is 0.136. The summed E-state index contributed by atoms with van der Waals surface area (Å²) in [5.74, 6) is 5.64. The molecule has 2 aromatic heterocycles. The fourth-order valence-electron chi connectivity index (χ4n) is 1.93. The lowest BCUT2D eigenvalue weighted by molar-refractivity contribution is 0.552. The summed E-state index contributed by atoms with van der Waals surface area (Å²) in [6.45, 7) is 0. The van der Waals surface area contributed by atoms with E-state index in [2.05, 4.69) is 33.3 Å². The molecular weight excluding hydrogens is 262 g/mol. The van der Waals surface area contributed by atoms with Crippen LogP contribution in [-0.2, 0) is 6.42 Å². The first kappa shape index (κ1) is 11.8. The number of rotatable bonds is 4. The quantitative estimate of drug-likeness (QED) is 0.568. The molecule has 92 valence electrons. The molecule has 1 atom stereocenters. The van der Waals surface area contributed by atoms with Gasteiger partial charge in [0.15, 0.2) is 0 Å². The van der Waals surface area contributed by atoms with Gasteiger partial charge in [-0.1, -0.05) is 12.1 Å². The van der Waals surface area contributed by atoms with Crippen molar-refractivity contribution in [3.63, 3.8) is 0 Å². The van der Waals surface area contributed by atoms with Crippen LogP contribution in [0.25, 0.3) is 10.2 Å². The number of para-hydroxylation sites is 1. The molecule has 18 heavy (non-hydrogen) atoms. The topological polar surface area (TPSA) is 50.9 Å². The molecule has 0 saturated carbocycles. The third-order valence-corrected chi connectivity index (χ3v) is 4.62. The van der Waals surface area contributed by atoms with Crippen molar-refractivity contribution >= 4 is 32.9 Å². The van der Waals surface area contributed by atoms with Crippen molar-refractivity contribution in [2.45, 2.75) is 12.5 Å². The summed E-state index contributed by atoms with van der Waals surface area (Å²) >= 11 is 3.42. The summed E-state index contributed by atoms with van der Waals surface area (Å²) in [6, 6.07) is 10.4. The molecule has 3 N–H and O–H groups in total. The molecule has 1 unspecified atom stereocenters. The van der Waals surface area contributed by atoms with Crippen LogP contribution in [0.4, 0.5) is 0 Å². The number of hydrogen-bond donors (Lipinski definition) is 2. The van der Waals surface area contributed by atoms with Gasteiger partial charge in [0.1, 0.15) is 0 Å². The molecule has 0 fully saturated rings. The number of thiazole rings is 1. The third kappa shape index (κ3) is 2.30. The lowest BCUT2D eigenvalue weighted by Crippen LogP contribution is -2.29. The van der Waals surface area contributed by atoms with Crippen molar-refractivity contribution in [2.75, 3.05) is 0 Å². The Bertz CT molecular complexity index is 598. The second-order valence-electron chi connectivity index (χ2n) is 4.06. The highest BCUT2D eigenvalue weighted by molar-refractivity contribution is 7.18. The van der Waals surface area contributed by atoms with Crippen molar-refractivity contribution in [3.05, 3.63) is 51.7 Å². The molecule has 0 aliphatic rings. The first-order valence-electron chi connectivity index (χ1n) is 5.69. The van der Waals surface area contributed by atoms with Gasteiger partial charge in [0.05, 0.1) is 21.3 Å². The van der Waals surface area contributed by atoms with Crippen molar-refractivity contribution < 1.29 is 0 Å². The second-order valence-corrected chi connectivity index (χ2v) is 5.95. The maximum Gasteiger partial charge on any atom is 0.0958 e. The Hall–Kier alpha value is -1.27. The Kier molecular flexibility index (Phi) is 3.38. The summed E-state index contributed by atoms with van der Waals surface area (Å²) in [6.07, 6.45) is 0.826. The van der Waals surface area contributed by atoms with E-state index in [0.717, 1.165) is 16.9 Å². The smallest absolute Gasteiger partial charge is 0.0958 e. The van der Waals surface area contributed by atoms with Gasteiger partial charge in [-0.15, -0.1) is 11.3 Å². The van der Waals surface area contributed by atoms with Gasteiger partial charge in [-0.25, -0.2) is 4.98 Å². The van der Waals surface area contributed by atoms with E-state index in [4.69, 9.17) is 5.84 Å². The van der Waals surface area contributed by atoms with Gasteiger partial charge in [-0.2, -0.15) is 11.3 Å². The molecule has 0 aliphatic carbocycles. The summed E-state index contributed by atoms with van der Waals surface area (Å²) in [5, 5.41) is 5.31. The van der Waals surface area contributed by atoms with Crippen LogP contribution in [0, 0.1) is 0 Å². The standard InChI is InChI=1S/C13H13N3S2/c14-16-11(9-5-6-17-8-9)7-13-15-10-3-1-2-4-12(10)18-13/h1-6,8,11,16H,7,14H2. The summed E-state index contributed by atoms with van der Waals surface area (Å²) < 4.78 is 1.23. The number of hydrogen-bond acceptors (Lipinski definition) is 5. The highest BCUT2D eigenvalue weighted by atomic mass is 32.1. The van der Waals surface area contributed by atoms with Gasteiger partial charge in [0.2, 0.25) is 0 Å². The predicted octanol–water partition coefficient (Wildman–Crippen LogP) is 3.10. The Morgan fingerprint density at radius 1 is 1.28 bits per heavy atom. The maximum absolute atomic E-state index is 5.64. The Morgan fingerprint density at radius 3 is 2.89 bits per heavy atom. The molecule has 3 aromatic rings. The number of aromatic nitrogens is 1. The fourth-order valence-corrected chi connectivity index (χ4v) is 3.66. The van der Waals surface area contributed by atoms with Crippen molar-refractivity contribution in [3.8, 4) is 0 Å². The SMILES string of the molecule is NNC(Cc1nc2ccccc2s1)c1ccsc1. The lowest BCUT2D eigenvalue weighted by Gasteiger charge is -2.12. The van der Waals surface area contributed by atoms with Gasteiger partial charge < -0.3 is 0 Å². The molecule has 0 bridgehead atoms. The average molecular weight is 275 g/mol. The predicted molar refractivity (Wildman–Crippen MR) is 77.7 cm³/mol. The van der Waals surface area contributed by atoms with E-state index in [0.29, 0.717) is 0 Å². The highest BCUT2D eigenvalue weighted by Gasteiger charge is 2.13. The van der Waals surface area contributed by atoms with Crippen LogP contribution in [0.1, 0.15) is 16.6 Å². The van der Waals surface area contributed by atoms with Crippen LogP contribution in [0.15, 0.2) is 41.1 Å². The number of nitrogens with zero attached hydrogens (tertiary/aromatic N) is 1. The number of benzene rings is 1. The first-order valence-corrected chi connectivity index (χ1v) is 7.45. The molecule has 0 saturated heterocycles. The van der Waals surface area contributed by atoms with Crippen LogP contribution in [0.2, 0.25) is 0 Å². The number of thiophene rings is 1. The molecule has 1 aromatic carbocycles.